The van der Waals surface area contributed by atoms with E-state index in [9.17, 15) is 4.79 Å². The fourth-order valence-corrected chi connectivity index (χ4v) is 6.55. The third kappa shape index (κ3) is 3.45. The molecule has 2 fully saturated rings. The highest BCUT2D eigenvalue weighted by Gasteiger charge is 2.46. The third-order valence-corrected chi connectivity index (χ3v) is 7.67. The van der Waals surface area contributed by atoms with E-state index in [-0.39, 0.29) is 18.2 Å². The first-order valence-corrected chi connectivity index (χ1v) is 11.3. The van der Waals surface area contributed by atoms with Crippen LogP contribution in [0.25, 0.3) is 9.66 Å². The number of amides is 1. The van der Waals surface area contributed by atoms with Gasteiger partial charge in [0.25, 0.3) is 0 Å². The van der Waals surface area contributed by atoms with Crippen molar-refractivity contribution < 1.29 is 9.53 Å². The summed E-state index contributed by atoms with van der Waals surface area (Å²) in [5.41, 5.74) is -0.446. The summed E-state index contributed by atoms with van der Waals surface area (Å²) >= 11 is 6.62. The molecule has 1 unspecified atom stereocenters. The number of thiazole rings is 2. The van der Waals surface area contributed by atoms with Crippen LogP contribution in [0.5, 0.6) is 0 Å². The SMILES string of the molecule is CN(c1nc2sc(Br)nc2s1)C1C[C@H]2CC[C@@H](C1)N2C(=O)OC(C)(C)C. The van der Waals surface area contributed by atoms with E-state index in [0.717, 1.165) is 44.4 Å². The zero-order valence-corrected chi connectivity index (χ0v) is 18.6. The first-order chi connectivity index (χ1) is 12.2. The van der Waals surface area contributed by atoms with Gasteiger partial charge in [-0.25, -0.2) is 14.8 Å². The van der Waals surface area contributed by atoms with Crippen molar-refractivity contribution in [2.24, 2.45) is 0 Å². The standard InChI is InChI=1S/C17H23BrN4O2S2/c1-17(2,3)24-16(23)22-9-5-6-10(22)8-11(7-9)21(4)15-20-13-12(26-15)19-14(18)25-13/h9-11H,5-8H2,1-4H3/t9-,10+,11?. The molecule has 0 N–H and O–H groups in total. The summed E-state index contributed by atoms with van der Waals surface area (Å²) in [4.78, 5) is 28.1. The Labute approximate surface area is 169 Å². The number of nitrogens with zero attached hydrogens (tertiary/aromatic N) is 4. The molecule has 6 nitrogen and oxygen atoms in total. The maximum absolute atomic E-state index is 12.6. The van der Waals surface area contributed by atoms with Crippen molar-refractivity contribution in [1.82, 2.24) is 14.9 Å². The molecular weight excluding hydrogens is 436 g/mol. The number of carbonyl (C=O) groups is 1. The predicted molar refractivity (Wildman–Crippen MR) is 109 cm³/mol. The summed E-state index contributed by atoms with van der Waals surface area (Å²) in [5.74, 6) is 0. The van der Waals surface area contributed by atoms with Crippen LogP contribution in [0.3, 0.4) is 0 Å². The normalized spacial score (nSPS) is 25.7. The van der Waals surface area contributed by atoms with Gasteiger partial charge in [0.15, 0.2) is 18.7 Å². The highest BCUT2D eigenvalue weighted by atomic mass is 79.9. The number of carbonyl (C=O) groups excluding carboxylic acids is 1. The first kappa shape index (κ1) is 18.4. The van der Waals surface area contributed by atoms with E-state index in [1.165, 1.54) is 0 Å². The van der Waals surface area contributed by atoms with E-state index in [0.29, 0.717) is 6.04 Å². The summed E-state index contributed by atoms with van der Waals surface area (Å²) in [6.45, 7) is 5.77. The molecule has 1 amide bonds. The molecule has 2 aromatic heterocycles. The molecule has 26 heavy (non-hydrogen) atoms. The van der Waals surface area contributed by atoms with Gasteiger partial charge in [0.05, 0.1) is 0 Å². The Bertz CT molecular complexity index is 785. The van der Waals surface area contributed by atoms with Crippen LogP contribution >= 0.6 is 38.6 Å². The molecule has 4 rings (SSSR count). The van der Waals surface area contributed by atoms with Crippen LogP contribution in [-0.4, -0.2) is 51.7 Å². The zero-order valence-electron chi connectivity index (χ0n) is 15.4. The fourth-order valence-electron chi connectivity index (χ4n) is 3.99. The Morgan fingerprint density at radius 1 is 1.19 bits per heavy atom. The number of piperidine rings is 1. The molecule has 3 atom stereocenters. The van der Waals surface area contributed by atoms with Gasteiger partial charge in [-0.3, -0.25) is 0 Å². The molecule has 142 valence electrons. The smallest absolute Gasteiger partial charge is 0.410 e. The Kier molecular flexibility index (Phi) is 4.68. The largest absolute Gasteiger partial charge is 0.444 e. The van der Waals surface area contributed by atoms with E-state index >= 15 is 0 Å². The summed E-state index contributed by atoms with van der Waals surface area (Å²) in [6.07, 6.45) is 3.91. The molecule has 0 aromatic carbocycles. The molecule has 2 bridgehead atoms. The van der Waals surface area contributed by atoms with E-state index in [4.69, 9.17) is 9.72 Å². The van der Waals surface area contributed by atoms with Crippen molar-refractivity contribution >= 4 is 59.5 Å². The maximum atomic E-state index is 12.6. The summed E-state index contributed by atoms with van der Waals surface area (Å²) in [5, 5.41) is 1.02. The van der Waals surface area contributed by atoms with Crippen LogP contribution in [0.2, 0.25) is 0 Å². The second kappa shape index (κ2) is 6.60. The van der Waals surface area contributed by atoms with Crippen LogP contribution in [0.1, 0.15) is 46.5 Å². The van der Waals surface area contributed by atoms with Crippen LogP contribution in [0, 0.1) is 0 Å². The molecule has 2 aromatic rings. The Hall–Kier alpha value is -0.930. The average molecular weight is 459 g/mol. The van der Waals surface area contributed by atoms with Gasteiger partial charge in [0.1, 0.15) is 5.60 Å². The number of halogens is 1. The lowest BCUT2D eigenvalue weighted by Gasteiger charge is -2.42. The van der Waals surface area contributed by atoms with Gasteiger partial charge in [-0.05, 0) is 62.4 Å². The number of hydrogen-bond donors (Lipinski definition) is 0. The highest BCUT2D eigenvalue weighted by molar-refractivity contribution is 9.11. The van der Waals surface area contributed by atoms with Crippen LogP contribution in [0.15, 0.2) is 3.92 Å². The average Bonchev–Trinajstić information content (AvgIpc) is 3.14. The van der Waals surface area contributed by atoms with Crippen LogP contribution < -0.4 is 4.90 Å². The summed E-state index contributed by atoms with van der Waals surface area (Å²) in [7, 11) is 2.12. The number of anilines is 1. The Morgan fingerprint density at radius 3 is 2.38 bits per heavy atom. The topological polar surface area (TPSA) is 58.6 Å². The maximum Gasteiger partial charge on any atom is 0.410 e. The van der Waals surface area contributed by atoms with Gasteiger partial charge in [-0.2, -0.15) is 0 Å². The lowest BCUT2D eigenvalue weighted by Crippen LogP contribution is -2.53. The van der Waals surface area contributed by atoms with Gasteiger partial charge in [0, 0.05) is 25.2 Å². The van der Waals surface area contributed by atoms with Gasteiger partial charge < -0.3 is 14.5 Å². The first-order valence-electron chi connectivity index (χ1n) is 8.88. The van der Waals surface area contributed by atoms with Gasteiger partial charge in [0.2, 0.25) is 0 Å². The molecule has 4 heterocycles. The fraction of sp³-hybridized carbons (Fsp3) is 0.706. The van der Waals surface area contributed by atoms with E-state index in [1.54, 1.807) is 22.7 Å². The second-order valence-electron chi connectivity index (χ2n) is 8.08. The molecule has 2 aliphatic heterocycles. The molecule has 0 spiro atoms. The van der Waals surface area contributed by atoms with Crippen molar-refractivity contribution in [2.75, 3.05) is 11.9 Å². The summed E-state index contributed by atoms with van der Waals surface area (Å²) < 4.78 is 6.51. The van der Waals surface area contributed by atoms with Gasteiger partial charge >= 0.3 is 6.09 Å². The lowest BCUT2D eigenvalue weighted by atomic mass is 9.97. The summed E-state index contributed by atoms with van der Waals surface area (Å²) in [6, 6.07) is 0.934. The monoisotopic (exact) mass is 458 g/mol. The van der Waals surface area contributed by atoms with E-state index in [2.05, 4.69) is 32.9 Å². The Morgan fingerprint density at radius 2 is 1.81 bits per heavy atom. The van der Waals surface area contributed by atoms with Crippen LogP contribution in [-0.2, 0) is 4.74 Å². The molecule has 2 aliphatic rings. The minimum absolute atomic E-state index is 0.157. The molecule has 2 saturated heterocycles. The number of aromatic nitrogens is 2. The number of ether oxygens (including phenoxy) is 1. The van der Waals surface area contributed by atoms with Crippen molar-refractivity contribution in [3.05, 3.63) is 3.92 Å². The number of hydrogen-bond acceptors (Lipinski definition) is 7. The molecule has 0 aliphatic carbocycles. The van der Waals surface area contributed by atoms with Gasteiger partial charge in [-0.1, -0.05) is 22.7 Å². The number of fused-ring (bicyclic) bond motifs is 3. The molecular formula is C17H23BrN4O2S2. The Balaban J connectivity index is 1.47. The lowest BCUT2D eigenvalue weighted by molar-refractivity contribution is 0.00599. The van der Waals surface area contributed by atoms with E-state index in [1.807, 2.05) is 25.7 Å². The quantitative estimate of drug-likeness (QED) is 0.641. The highest BCUT2D eigenvalue weighted by Crippen LogP contribution is 2.41. The van der Waals surface area contributed by atoms with Crippen molar-refractivity contribution in [1.29, 1.82) is 0 Å². The van der Waals surface area contributed by atoms with Crippen molar-refractivity contribution in [3.63, 3.8) is 0 Å². The molecule has 0 saturated carbocycles. The van der Waals surface area contributed by atoms with Gasteiger partial charge in [-0.15, -0.1) is 0 Å². The number of rotatable bonds is 2. The minimum Gasteiger partial charge on any atom is -0.444 e. The van der Waals surface area contributed by atoms with E-state index < -0.39 is 5.60 Å². The second-order valence-corrected chi connectivity index (χ2v) is 11.3. The third-order valence-electron chi connectivity index (χ3n) is 5.10. The van der Waals surface area contributed by atoms with Crippen molar-refractivity contribution in [3.8, 4) is 0 Å². The predicted octanol–water partition coefficient (Wildman–Crippen LogP) is 4.88. The zero-order chi connectivity index (χ0) is 18.6. The molecule has 9 heteroatoms. The van der Waals surface area contributed by atoms with Crippen molar-refractivity contribution in [2.45, 2.75) is 70.2 Å². The minimum atomic E-state index is -0.446. The van der Waals surface area contributed by atoms with Crippen LogP contribution in [0.4, 0.5) is 9.93 Å². The molecule has 0 radical (unpaired) electrons.